The highest BCUT2D eigenvalue weighted by molar-refractivity contribution is 6.05. The van der Waals surface area contributed by atoms with E-state index >= 15 is 0 Å². The molecule has 0 atom stereocenters. The second-order valence-electron chi connectivity index (χ2n) is 6.77. The van der Waals surface area contributed by atoms with E-state index in [-0.39, 0.29) is 12.0 Å². The summed E-state index contributed by atoms with van der Waals surface area (Å²) in [6, 6.07) is 11.8. The normalized spacial score (nSPS) is 10.5. The number of carbonyl (C=O) groups is 2. The molecule has 0 saturated carbocycles. The number of aryl methyl sites for hydroxylation is 1. The van der Waals surface area contributed by atoms with Crippen LogP contribution in [-0.4, -0.2) is 35.8 Å². The third-order valence-corrected chi connectivity index (χ3v) is 4.81. The van der Waals surface area contributed by atoms with Crippen molar-refractivity contribution < 1.29 is 24.3 Å². The number of ether oxygens (including phenoxy) is 2. The first kappa shape index (κ1) is 21.8. The van der Waals surface area contributed by atoms with Gasteiger partial charge in [-0.25, -0.2) is 5.48 Å². The van der Waals surface area contributed by atoms with Crippen LogP contribution in [0.1, 0.15) is 23.2 Å². The number of fused-ring (bicyclic) bond motifs is 1. The summed E-state index contributed by atoms with van der Waals surface area (Å²) in [6.45, 7) is 0.360. The highest BCUT2D eigenvalue weighted by Crippen LogP contribution is 2.21. The van der Waals surface area contributed by atoms with Gasteiger partial charge in [-0.15, -0.1) is 0 Å². The molecule has 3 aromatic rings. The number of hydrogen-bond acceptors (Lipinski definition) is 6. The average Bonchev–Trinajstić information content (AvgIpc) is 2.80. The second-order valence-corrected chi connectivity index (χ2v) is 6.77. The fourth-order valence-corrected chi connectivity index (χ4v) is 3.19. The van der Waals surface area contributed by atoms with E-state index in [1.807, 2.05) is 0 Å². The molecule has 0 aliphatic carbocycles. The van der Waals surface area contributed by atoms with Crippen LogP contribution in [0.5, 0.6) is 11.5 Å². The smallest absolute Gasteiger partial charge is 0.261 e. The molecule has 9 heteroatoms. The van der Waals surface area contributed by atoms with Gasteiger partial charge in [0.25, 0.3) is 5.91 Å². The number of rotatable bonds is 8. The van der Waals surface area contributed by atoms with Crippen molar-refractivity contribution in [2.24, 2.45) is 0 Å². The van der Waals surface area contributed by atoms with Crippen LogP contribution < -0.4 is 25.7 Å². The zero-order valence-corrected chi connectivity index (χ0v) is 17.2. The Labute approximate surface area is 178 Å². The SMILES string of the molecule is COc1ccc(NC(=O)c2cn(CCCC(=O)NO)c3ccc(OC)cc3c2=O)cc1. The summed E-state index contributed by atoms with van der Waals surface area (Å²) in [4.78, 5) is 37.3. The van der Waals surface area contributed by atoms with E-state index in [4.69, 9.17) is 14.7 Å². The monoisotopic (exact) mass is 425 g/mol. The summed E-state index contributed by atoms with van der Waals surface area (Å²) >= 11 is 0. The molecule has 31 heavy (non-hydrogen) atoms. The van der Waals surface area contributed by atoms with Crippen LogP contribution in [0.3, 0.4) is 0 Å². The van der Waals surface area contributed by atoms with Crippen LogP contribution in [-0.2, 0) is 11.3 Å². The number of carbonyl (C=O) groups excluding carboxylic acids is 2. The molecule has 2 amide bonds. The van der Waals surface area contributed by atoms with Crippen LogP contribution in [0, 0.1) is 0 Å². The summed E-state index contributed by atoms with van der Waals surface area (Å²) in [6.07, 6.45) is 1.97. The molecular weight excluding hydrogens is 402 g/mol. The maximum atomic E-state index is 13.1. The number of nitrogens with zero attached hydrogens (tertiary/aromatic N) is 1. The maximum Gasteiger partial charge on any atom is 0.261 e. The van der Waals surface area contributed by atoms with Crippen molar-refractivity contribution >= 4 is 28.4 Å². The molecule has 0 spiro atoms. The minimum atomic E-state index is -0.554. The van der Waals surface area contributed by atoms with Gasteiger partial charge in [-0.3, -0.25) is 19.6 Å². The Balaban J connectivity index is 1.98. The number of hydrogen-bond donors (Lipinski definition) is 3. The molecule has 0 unspecified atom stereocenters. The number of benzene rings is 2. The number of nitrogens with one attached hydrogen (secondary N) is 2. The zero-order valence-electron chi connectivity index (χ0n) is 17.2. The van der Waals surface area contributed by atoms with Crippen molar-refractivity contribution in [1.29, 1.82) is 0 Å². The van der Waals surface area contributed by atoms with Crippen LogP contribution in [0.25, 0.3) is 10.9 Å². The van der Waals surface area contributed by atoms with Gasteiger partial charge in [-0.05, 0) is 48.9 Å². The Morgan fingerprint density at radius 1 is 1.03 bits per heavy atom. The second kappa shape index (κ2) is 9.77. The molecular formula is C22H23N3O6. The van der Waals surface area contributed by atoms with E-state index < -0.39 is 17.2 Å². The van der Waals surface area contributed by atoms with Gasteiger partial charge in [0, 0.05) is 24.8 Å². The highest BCUT2D eigenvalue weighted by atomic mass is 16.5. The minimum Gasteiger partial charge on any atom is -0.497 e. The van der Waals surface area contributed by atoms with Gasteiger partial charge in [0.2, 0.25) is 11.3 Å². The number of methoxy groups -OCH3 is 2. The van der Waals surface area contributed by atoms with E-state index in [2.05, 4.69) is 5.32 Å². The Bertz CT molecular complexity index is 1150. The lowest BCUT2D eigenvalue weighted by Crippen LogP contribution is -2.24. The van der Waals surface area contributed by atoms with Crippen LogP contribution in [0.4, 0.5) is 5.69 Å². The molecule has 3 N–H and O–H groups in total. The third-order valence-electron chi connectivity index (χ3n) is 4.81. The van der Waals surface area contributed by atoms with Crippen molar-refractivity contribution in [3.8, 4) is 11.5 Å². The Morgan fingerprint density at radius 3 is 2.35 bits per heavy atom. The van der Waals surface area contributed by atoms with E-state index in [0.29, 0.717) is 41.1 Å². The standard InChI is InChI=1S/C22H23N3O6/c1-30-15-7-5-14(6-8-15)23-22(28)18-13-25(11-3-4-20(26)24-29)19-10-9-16(31-2)12-17(19)21(18)27/h5-10,12-13,29H,3-4,11H2,1-2H3,(H,23,28)(H,24,26). The first-order valence-electron chi connectivity index (χ1n) is 9.56. The molecule has 3 rings (SSSR count). The van der Waals surface area contributed by atoms with Gasteiger partial charge in [0.05, 0.1) is 25.1 Å². The van der Waals surface area contributed by atoms with Gasteiger partial charge in [0.15, 0.2) is 0 Å². The number of hydroxylamine groups is 1. The topological polar surface area (TPSA) is 119 Å². The van der Waals surface area contributed by atoms with E-state index in [1.165, 1.54) is 13.3 Å². The fraction of sp³-hybridized carbons (Fsp3) is 0.227. The van der Waals surface area contributed by atoms with E-state index in [9.17, 15) is 14.4 Å². The number of aromatic nitrogens is 1. The van der Waals surface area contributed by atoms with Crippen LogP contribution in [0.15, 0.2) is 53.5 Å². The minimum absolute atomic E-state index is 0.0387. The van der Waals surface area contributed by atoms with Crippen molar-refractivity contribution in [1.82, 2.24) is 10.0 Å². The molecule has 1 aromatic heterocycles. The summed E-state index contributed by atoms with van der Waals surface area (Å²) in [5.41, 5.74) is 2.25. The fourth-order valence-electron chi connectivity index (χ4n) is 3.19. The van der Waals surface area contributed by atoms with Crippen LogP contribution >= 0.6 is 0 Å². The number of pyridine rings is 1. The molecule has 0 aliphatic heterocycles. The highest BCUT2D eigenvalue weighted by Gasteiger charge is 2.17. The zero-order chi connectivity index (χ0) is 22.4. The van der Waals surface area contributed by atoms with Crippen molar-refractivity contribution in [3.05, 3.63) is 64.4 Å². The molecule has 2 aromatic carbocycles. The summed E-state index contributed by atoms with van der Waals surface area (Å²) < 4.78 is 12.1. The van der Waals surface area contributed by atoms with E-state index in [1.54, 1.807) is 59.6 Å². The molecule has 0 radical (unpaired) electrons. The van der Waals surface area contributed by atoms with Gasteiger partial charge in [-0.1, -0.05) is 0 Å². The molecule has 162 valence electrons. The Morgan fingerprint density at radius 2 is 1.71 bits per heavy atom. The van der Waals surface area contributed by atoms with Crippen molar-refractivity contribution in [3.63, 3.8) is 0 Å². The lowest BCUT2D eigenvalue weighted by Gasteiger charge is -2.14. The molecule has 0 aliphatic rings. The predicted molar refractivity (Wildman–Crippen MR) is 115 cm³/mol. The maximum absolute atomic E-state index is 13.1. The largest absolute Gasteiger partial charge is 0.497 e. The first-order valence-corrected chi connectivity index (χ1v) is 9.56. The predicted octanol–water partition coefficient (Wildman–Crippen LogP) is 2.56. The van der Waals surface area contributed by atoms with Crippen molar-refractivity contribution in [2.45, 2.75) is 19.4 Å². The van der Waals surface area contributed by atoms with Gasteiger partial charge < -0.3 is 19.4 Å². The number of amides is 2. The molecule has 0 fully saturated rings. The van der Waals surface area contributed by atoms with Crippen LogP contribution in [0.2, 0.25) is 0 Å². The first-order chi connectivity index (χ1) is 15.0. The lowest BCUT2D eigenvalue weighted by molar-refractivity contribution is -0.129. The molecule has 1 heterocycles. The molecule has 9 nitrogen and oxygen atoms in total. The third kappa shape index (κ3) is 5.01. The van der Waals surface area contributed by atoms with E-state index in [0.717, 1.165) is 0 Å². The van der Waals surface area contributed by atoms with Gasteiger partial charge >= 0.3 is 0 Å². The summed E-state index contributed by atoms with van der Waals surface area (Å²) in [5.74, 6) is 0.0693. The Kier molecular flexibility index (Phi) is 6.88. The quantitative estimate of drug-likeness (QED) is 0.377. The molecule has 0 saturated heterocycles. The molecule has 0 bridgehead atoms. The summed E-state index contributed by atoms with van der Waals surface area (Å²) in [7, 11) is 3.04. The van der Waals surface area contributed by atoms with Gasteiger partial charge in [0.1, 0.15) is 17.1 Å². The van der Waals surface area contributed by atoms with Gasteiger partial charge in [-0.2, -0.15) is 0 Å². The average molecular weight is 425 g/mol. The number of anilines is 1. The lowest BCUT2D eigenvalue weighted by atomic mass is 10.1. The Hall–Kier alpha value is -3.85. The van der Waals surface area contributed by atoms with Crippen molar-refractivity contribution in [2.75, 3.05) is 19.5 Å². The summed E-state index contributed by atoms with van der Waals surface area (Å²) in [5, 5.41) is 11.7.